The molecule has 1 N–H and O–H groups in total. The second-order valence-corrected chi connectivity index (χ2v) is 7.91. The van der Waals surface area contributed by atoms with E-state index in [-0.39, 0.29) is 12.0 Å². The van der Waals surface area contributed by atoms with Crippen molar-refractivity contribution in [3.05, 3.63) is 41.7 Å². The highest BCUT2D eigenvalue weighted by Crippen LogP contribution is 2.31. The Morgan fingerprint density at radius 1 is 1.24 bits per heavy atom. The molecule has 3 heterocycles. The number of aryl methyl sites for hydroxylation is 1. The number of nitrogens with one attached hydrogen (secondary N) is 1. The number of aromatic nitrogens is 2. The van der Waals surface area contributed by atoms with Crippen LogP contribution in [0.3, 0.4) is 0 Å². The van der Waals surface area contributed by atoms with Crippen molar-refractivity contribution in [2.75, 3.05) is 32.8 Å². The number of carbonyl (C=O) groups is 1. The topological polar surface area (TPSA) is 68.6 Å². The number of fused-ring (bicyclic) bond motifs is 1. The summed E-state index contributed by atoms with van der Waals surface area (Å²) in [5.74, 6) is 2.16. The molecular weight excluding hydrogens is 368 g/mol. The third kappa shape index (κ3) is 4.56. The Kier molecular flexibility index (Phi) is 6.04. The number of benzene rings is 1. The van der Waals surface area contributed by atoms with E-state index in [2.05, 4.69) is 15.3 Å². The molecule has 2 aliphatic rings. The number of para-hydroxylation sites is 2. The Morgan fingerprint density at radius 3 is 2.72 bits per heavy atom. The van der Waals surface area contributed by atoms with Crippen LogP contribution in [0.5, 0.6) is 11.5 Å². The van der Waals surface area contributed by atoms with Crippen molar-refractivity contribution in [3.63, 3.8) is 0 Å². The standard InChI is InChI=1S/C22H30N4O3/c1-3-26-16(2)19(13-24-26)22(27)23-12-17-8-10-25(11-9-17)14-18-15-28-20-6-4-5-7-21(20)29-18/h4-7,13,17-18H,3,8-12,14-15H2,1-2H3,(H,23,27). The molecule has 0 bridgehead atoms. The SMILES string of the molecule is CCn1ncc(C(=O)NCC2CCN(CC3COc4ccccc4O3)CC2)c1C. The maximum Gasteiger partial charge on any atom is 0.254 e. The van der Waals surface area contributed by atoms with Crippen molar-refractivity contribution in [1.82, 2.24) is 20.0 Å². The highest BCUT2D eigenvalue weighted by atomic mass is 16.6. The van der Waals surface area contributed by atoms with Crippen LogP contribution in [0.4, 0.5) is 0 Å². The number of hydrogen-bond acceptors (Lipinski definition) is 5. The second kappa shape index (κ2) is 8.86. The minimum atomic E-state index is -0.0175. The molecule has 1 fully saturated rings. The molecule has 0 spiro atoms. The van der Waals surface area contributed by atoms with Gasteiger partial charge < -0.3 is 14.8 Å². The minimum absolute atomic E-state index is 0.0175. The fraction of sp³-hybridized carbons (Fsp3) is 0.545. The van der Waals surface area contributed by atoms with Gasteiger partial charge >= 0.3 is 0 Å². The first-order valence-corrected chi connectivity index (χ1v) is 10.6. The summed E-state index contributed by atoms with van der Waals surface area (Å²) >= 11 is 0. The van der Waals surface area contributed by atoms with Gasteiger partial charge in [-0.05, 0) is 57.8 Å². The molecule has 7 heteroatoms. The molecule has 156 valence electrons. The molecule has 7 nitrogen and oxygen atoms in total. The maximum absolute atomic E-state index is 12.5. The van der Waals surface area contributed by atoms with Gasteiger partial charge in [0.1, 0.15) is 12.7 Å². The quantitative estimate of drug-likeness (QED) is 0.810. The highest BCUT2D eigenvalue weighted by molar-refractivity contribution is 5.95. The summed E-state index contributed by atoms with van der Waals surface area (Å²) in [5, 5.41) is 7.36. The Morgan fingerprint density at radius 2 is 2.00 bits per heavy atom. The zero-order valence-electron chi connectivity index (χ0n) is 17.3. The molecule has 1 unspecified atom stereocenters. The van der Waals surface area contributed by atoms with E-state index in [0.29, 0.717) is 18.1 Å². The molecule has 4 rings (SSSR count). The number of likely N-dealkylation sites (tertiary alicyclic amines) is 1. The van der Waals surface area contributed by atoms with E-state index in [0.717, 1.165) is 62.8 Å². The van der Waals surface area contributed by atoms with Crippen LogP contribution >= 0.6 is 0 Å². The largest absolute Gasteiger partial charge is 0.486 e. The molecule has 1 atom stereocenters. The Labute approximate surface area is 172 Å². The predicted octanol–water partition coefficient (Wildman–Crippen LogP) is 2.49. The molecule has 0 aliphatic carbocycles. The zero-order chi connectivity index (χ0) is 20.2. The predicted molar refractivity (Wildman–Crippen MR) is 110 cm³/mol. The molecule has 2 aliphatic heterocycles. The lowest BCUT2D eigenvalue weighted by atomic mass is 9.96. The number of nitrogens with zero attached hydrogens (tertiary/aromatic N) is 3. The molecule has 1 amide bonds. The average molecular weight is 399 g/mol. The first kappa shape index (κ1) is 19.8. The number of hydrogen-bond donors (Lipinski definition) is 1. The minimum Gasteiger partial charge on any atom is -0.486 e. The van der Waals surface area contributed by atoms with Crippen molar-refractivity contribution >= 4 is 5.91 Å². The zero-order valence-corrected chi connectivity index (χ0v) is 17.3. The van der Waals surface area contributed by atoms with Gasteiger partial charge in [-0.25, -0.2) is 0 Å². The van der Waals surface area contributed by atoms with Gasteiger partial charge in [0.25, 0.3) is 5.91 Å². The van der Waals surface area contributed by atoms with E-state index in [1.54, 1.807) is 6.20 Å². The van der Waals surface area contributed by atoms with Crippen LogP contribution < -0.4 is 14.8 Å². The van der Waals surface area contributed by atoms with Crippen LogP contribution in [0.1, 0.15) is 35.8 Å². The normalized spacial score (nSPS) is 19.9. The molecule has 29 heavy (non-hydrogen) atoms. The van der Waals surface area contributed by atoms with Gasteiger partial charge in [0, 0.05) is 25.3 Å². The molecule has 1 aromatic carbocycles. The molecular formula is C22H30N4O3. The molecule has 1 aromatic heterocycles. The lowest BCUT2D eigenvalue weighted by molar-refractivity contribution is 0.0476. The Hall–Kier alpha value is -2.54. The first-order valence-electron chi connectivity index (χ1n) is 10.6. The number of rotatable bonds is 6. The average Bonchev–Trinajstić information content (AvgIpc) is 3.13. The van der Waals surface area contributed by atoms with E-state index in [4.69, 9.17) is 9.47 Å². The number of ether oxygens (including phenoxy) is 2. The molecule has 0 radical (unpaired) electrons. The van der Waals surface area contributed by atoms with Crippen molar-refractivity contribution in [2.24, 2.45) is 5.92 Å². The summed E-state index contributed by atoms with van der Waals surface area (Å²) in [6.45, 7) is 8.99. The number of carbonyl (C=O) groups excluding carboxylic acids is 1. The van der Waals surface area contributed by atoms with Gasteiger partial charge in [-0.15, -0.1) is 0 Å². The molecule has 2 aromatic rings. The maximum atomic E-state index is 12.5. The van der Waals surface area contributed by atoms with Gasteiger partial charge in [0.2, 0.25) is 0 Å². The third-order valence-corrected chi connectivity index (χ3v) is 5.94. The van der Waals surface area contributed by atoms with Crippen LogP contribution in [0.25, 0.3) is 0 Å². The van der Waals surface area contributed by atoms with Crippen molar-refractivity contribution in [3.8, 4) is 11.5 Å². The highest BCUT2D eigenvalue weighted by Gasteiger charge is 2.26. The Bertz CT molecular complexity index is 842. The van der Waals surface area contributed by atoms with E-state index < -0.39 is 0 Å². The van der Waals surface area contributed by atoms with Crippen molar-refractivity contribution < 1.29 is 14.3 Å². The van der Waals surface area contributed by atoms with E-state index >= 15 is 0 Å². The van der Waals surface area contributed by atoms with Crippen LogP contribution in [0.15, 0.2) is 30.5 Å². The van der Waals surface area contributed by atoms with Gasteiger partial charge in [-0.3, -0.25) is 14.4 Å². The molecule has 1 saturated heterocycles. The summed E-state index contributed by atoms with van der Waals surface area (Å²) in [4.78, 5) is 14.9. The molecule has 0 saturated carbocycles. The smallest absolute Gasteiger partial charge is 0.254 e. The van der Waals surface area contributed by atoms with E-state index in [9.17, 15) is 4.79 Å². The lowest BCUT2D eigenvalue weighted by Gasteiger charge is -2.35. The van der Waals surface area contributed by atoms with Crippen LogP contribution in [0, 0.1) is 12.8 Å². The third-order valence-electron chi connectivity index (χ3n) is 5.94. The summed E-state index contributed by atoms with van der Waals surface area (Å²) in [6, 6.07) is 7.84. The fourth-order valence-electron chi connectivity index (χ4n) is 4.13. The van der Waals surface area contributed by atoms with Gasteiger partial charge in [0.15, 0.2) is 11.5 Å². The summed E-state index contributed by atoms with van der Waals surface area (Å²) in [5.41, 5.74) is 1.61. The number of piperidine rings is 1. The summed E-state index contributed by atoms with van der Waals surface area (Å²) in [6.07, 6.45) is 3.90. The van der Waals surface area contributed by atoms with Gasteiger partial charge in [0.05, 0.1) is 11.8 Å². The summed E-state index contributed by atoms with van der Waals surface area (Å²) < 4.78 is 13.7. The van der Waals surface area contributed by atoms with Crippen molar-refractivity contribution in [1.29, 1.82) is 0 Å². The fourth-order valence-corrected chi connectivity index (χ4v) is 4.13. The lowest BCUT2D eigenvalue weighted by Crippen LogP contribution is -2.45. The van der Waals surface area contributed by atoms with Crippen LogP contribution in [-0.4, -0.2) is 59.5 Å². The number of amides is 1. The second-order valence-electron chi connectivity index (χ2n) is 7.91. The monoisotopic (exact) mass is 398 g/mol. The Balaban J connectivity index is 1.20. The van der Waals surface area contributed by atoms with E-state index in [1.807, 2.05) is 42.8 Å². The van der Waals surface area contributed by atoms with E-state index in [1.165, 1.54) is 0 Å². The van der Waals surface area contributed by atoms with Gasteiger partial charge in [-0.1, -0.05) is 12.1 Å². The van der Waals surface area contributed by atoms with Crippen LogP contribution in [-0.2, 0) is 6.54 Å². The first-order chi connectivity index (χ1) is 14.1. The van der Waals surface area contributed by atoms with Crippen molar-refractivity contribution in [2.45, 2.75) is 39.3 Å². The van der Waals surface area contributed by atoms with Gasteiger partial charge in [-0.2, -0.15) is 5.10 Å². The van der Waals surface area contributed by atoms with Crippen LogP contribution in [0.2, 0.25) is 0 Å². The summed E-state index contributed by atoms with van der Waals surface area (Å²) in [7, 11) is 0.